The Kier molecular flexibility index (Phi) is 5.29. The highest BCUT2D eigenvalue weighted by molar-refractivity contribution is 9.10. The molecule has 2 rings (SSSR count). The van der Waals surface area contributed by atoms with Crippen LogP contribution >= 0.6 is 15.9 Å². The number of nitrogens with one attached hydrogen (secondary N) is 1. The quantitative estimate of drug-likeness (QED) is 0.794. The number of carbonyl (C=O) groups is 2. The van der Waals surface area contributed by atoms with Gasteiger partial charge < -0.3 is 10.1 Å². The van der Waals surface area contributed by atoms with Crippen molar-refractivity contribution >= 4 is 33.7 Å². The molecule has 6 nitrogen and oxygen atoms in total. The second-order valence-corrected chi connectivity index (χ2v) is 7.64. The minimum atomic E-state index is -0.588. The predicted molar refractivity (Wildman–Crippen MR) is 91.1 cm³/mol. The predicted octanol–water partition coefficient (Wildman–Crippen LogP) is 3.43. The monoisotopic (exact) mass is 383 g/mol. The zero-order valence-corrected chi connectivity index (χ0v) is 15.4. The van der Waals surface area contributed by atoms with Crippen LogP contribution in [0.4, 0.5) is 10.6 Å². The topological polar surface area (TPSA) is 71.5 Å². The van der Waals surface area contributed by atoms with Gasteiger partial charge in [0, 0.05) is 6.54 Å². The van der Waals surface area contributed by atoms with Crippen LogP contribution in [0.3, 0.4) is 0 Å². The van der Waals surface area contributed by atoms with E-state index in [4.69, 9.17) is 4.74 Å². The number of likely N-dealkylation sites (tertiary alicyclic amines) is 1. The van der Waals surface area contributed by atoms with Crippen LogP contribution in [0, 0.1) is 5.92 Å². The van der Waals surface area contributed by atoms with E-state index in [1.807, 2.05) is 27.7 Å². The van der Waals surface area contributed by atoms with Crippen LogP contribution in [0.1, 0.15) is 34.1 Å². The molecule has 7 heteroatoms. The van der Waals surface area contributed by atoms with Crippen LogP contribution < -0.4 is 5.32 Å². The molecule has 1 fully saturated rings. The van der Waals surface area contributed by atoms with Gasteiger partial charge in [-0.25, -0.2) is 9.78 Å². The van der Waals surface area contributed by atoms with Gasteiger partial charge in [-0.05, 0) is 61.2 Å². The molecule has 126 valence electrons. The Morgan fingerprint density at radius 1 is 1.39 bits per heavy atom. The molecule has 1 aliphatic heterocycles. The summed E-state index contributed by atoms with van der Waals surface area (Å²) in [4.78, 5) is 30.6. The average molecular weight is 384 g/mol. The highest BCUT2D eigenvalue weighted by Crippen LogP contribution is 2.26. The number of ether oxygens (including phenoxy) is 1. The number of carbonyl (C=O) groups excluding carboxylic acids is 2. The van der Waals surface area contributed by atoms with Gasteiger partial charge in [0.15, 0.2) is 0 Å². The maximum absolute atomic E-state index is 12.5. The number of pyridine rings is 1. The molecule has 0 aliphatic carbocycles. The first-order chi connectivity index (χ1) is 10.7. The number of anilines is 1. The van der Waals surface area contributed by atoms with Crippen molar-refractivity contribution in [2.45, 2.75) is 45.8 Å². The Bertz CT molecular complexity index is 600. The summed E-state index contributed by atoms with van der Waals surface area (Å²) < 4.78 is 6.04. The fraction of sp³-hybridized carbons (Fsp3) is 0.562. The lowest BCUT2D eigenvalue weighted by Crippen LogP contribution is -2.45. The van der Waals surface area contributed by atoms with Gasteiger partial charge in [0.2, 0.25) is 5.91 Å². The van der Waals surface area contributed by atoms with Crippen LogP contribution in [-0.2, 0) is 9.53 Å². The molecule has 1 N–H and O–H groups in total. The van der Waals surface area contributed by atoms with Crippen LogP contribution in [0.2, 0.25) is 0 Å². The molecular formula is C16H22BrN3O3. The summed E-state index contributed by atoms with van der Waals surface area (Å²) in [5.41, 5.74) is -0.588. The Morgan fingerprint density at radius 3 is 2.70 bits per heavy atom. The third-order valence-corrected chi connectivity index (χ3v) is 3.85. The molecule has 23 heavy (non-hydrogen) atoms. The molecule has 2 amide bonds. The largest absolute Gasteiger partial charge is 0.444 e. The molecule has 1 aromatic rings. The maximum Gasteiger partial charge on any atom is 0.410 e. The van der Waals surface area contributed by atoms with Crippen molar-refractivity contribution in [3.05, 3.63) is 22.8 Å². The van der Waals surface area contributed by atoms with E-state index in [-0.39, 0.29) is 11.8 Å². The molecule has 1 saturated heterocycles. The van der Waals surface area contributed by atoms with Crippen LogP contribution in [0.25, 0.3) is 0 Å². The Morgan fingerprint density at radius 2 is 2.09 bits per heavy atom. The van der Waals surface area contributed by atoms with Crippen molar-refractivity contribution in [2.75, 3.05) is 11.9 Å². The normalized spacial score (nSPS) is 21.2. The van der Waals surface area contributed by atoms with Gasteiger partial charge in [-0.15, -0.1) is 0 Å². The second kappa shape index (κ2) is 6.86. The number of nitrogens with zero attached hydrogens (tertiary/aromatic N) is 2. The number of hydrogen-bond donors (Lipinski definition) is 1. The lowest BCUT2D eigenvalue weighted by atomic mass is 10.1. The van der Waals surface area contributed by atoms with Crippen LogP contribution in [0.15, 0.2) is 22.8 Å². The lowest BCUT2D eigenvalue weighted by molar-refractivity contribution is -0.120. The third-order valence-electron chi connectivity index (χ3n) is 3.41. The SMILES string of the molecule is C[C@@H]1C[C@@H](C(=O)Nc2cccc(Br)n2)N(C(=O)OC(C)(C)C)C1. The van der Waals surface area contributed by atoms with Gasteiger partial charge in [-0.2, -0.15) is 0 Å². The van der Waals surface area contributed by atoms with Crippen molar-refractivity contribution < 1.29 is 14.3 Å². The second-order valence-electron chi connectivity index (χ2n) is 6.82. The Labute approximate surface area is 144 Å². The molecule has 0 aromatic carbocycles. The number of rotatable bonds is 2. The number of aromatic nitrogens is 1. The van der Waals surface area contributed by atoms with E-state index < -0.39 is 17.7 Å². The van der Waals surface area contributed by atoms with Crippen molar-refractivity contribution in [1.82, 2.24) is 9.88 Å². The highest BCUT2D eigenvalue weighted by Gasteiger charge is 2.39. The minimum Gasteiger partial charge on any atom is -0.444 e. The van der Waals surface area contributed by atoms with E-state index >= 15 is 0 Å². The fourth-order valence-electron chi connectivity index (χ4n) is 2.50. The zero-order valence-electron chi connectivity index (χ0n) is 13.8. The van der Waals surface area contributed by atoms with Crippen LogP contribution in [0.5, 0.6) is 0 Å². The third kappa shape index (κ3) is 4.92. The van der Waals surface area contributed by atoms with E-state index in [9.17, 15) is 9.59 Å². The standard InChI is InChI=1S/C16H22BrN3O3/c1-10-8-11(20(9-10)15(22)23-16(2,3)4)14(21)19-13-7-5-6-12(17)18-13/h5-7,10-11H,8-9H2,1-4H3,(H,18,19,21)/t10-,11+/m1/s1. The zero-order chi connectivity index (χ0) is 17.2. The van der Waals surface area contributed by atoms with E-state index in [2.05, 4.69) is 26.2 Å². The van der Waals surface area contributed by atoms with E-state index in [1.165, 1.54) is 4.90 Å². The summed E-state index contributed by atoms with van der Waals surface area (Å²) >= 11 is 3.27. The first-order valence-electron chi connectivity index (χ1n) is 7.59. The van der Waals surface area contributed by atoms with Gasteiger partial charge in [0.1, 0.15) is 22.1 Å². The summed E-state index contributed by atoms with van der Waals surface area (Å²) in [5.74, 6) is 0.451. The molecule has 0 saturated carbocycles. The van der Waals surface area contributed by atoms with Gasteiger partial charge in [0.25, 0.3) is 0 Å². The summed E-state index contributed by atoms with van der Waals surface area (Å²) in [5, 5.41) is 2.76. The van der Waals surface area contributed by atoms with Gasteiger partial charge in [0.05, 0.1) is 0 Å². The maximum atomic E-state index is 12.5. The van der Waals surface area contributed by atoms with Crippen molar-refractivity contribution in [3.63, 3.8) is 0 Å². The minimum absolute atomic E-state index is 0.244. The molecule has 0 unspecified atom stereocenters. The molecule has 1 aliphatic rings. The molecule has 0 radical (unpaired) electrons. The molecule has 0 bridgehead atoms. The average Bonchev–Trinajstić information content (AvgIpc) is 2.79. The fourth-order valence-corrected chi connectivity index (χ4v) is 2.85. The van der Waals surface area contributed by atoms with Gasteiger partial charge in [-0.3, -0.25) is 9.69 Å². The van der Waals surface area contributed by atoms with Gasteiger partial charge >= 0.3 is 6.09 Å². The summed E-state index contributed by atoms with van der Waals surface area (Å²) in [6.07, 6.45) is 0.156. The van der Waals surface area contributed by atoms with Crippen molar-refractivity contribution in [1.29, 1.82) is 0 Å². The first kappa shape index (κ1) is 17.7. The molecule has 0 spiro atoms. The van der Waals surface area contributed by atoms with Crippen LogP contribution in [-0.4, -0.2) is 40.1 Å². The van der Waals surface area contributed by atoms with Crippen molar-refractivity contribution in [2.24, 2.45) is 5.92 Å². The smallest absolute Gasteiger partial charge is 0.410 e. The van der Waals surface area contributed by atoms with E-state index in [1.54, 1.807) is 18.2 Å². The first-order valence-corrected chi connectivity index (χ1v) is 8.38. The van der Waals surface area contributed by atoms with E-state index in [0.717, 1.165) is 0 Å². The van der Waals surface area contributed by atoms with Gasteiger partial charge in [-0.1, -0.05) is 13.0 Å². The Hall–Kier alpha value is -1.63. The molecule has 2 heterocycles. The number of hydrogen-bond acceptors (Lipinski definition) is 4. The molecule has 2 atom stereocenters. The number of amides is 2. The highest BCUT2D eigenvalue weighted by atomic mass is 79.9. The Balaban J connectivity index is 2.09. The number of halogens is 1. The summed E-state index contributed by atoms with van der Waals surface area (Å²) in [6, 6.07) is 4.73. The van der Waals surface area contributed by atoms with E-state index in [0.29, 0.717) is 23.4 Å². The summed E-state index contributed by atoms with van der Waals surface area (Å²) in [7, 11) is 0. The lowest BCUT2D eigenvalue weighted by Gasteiger charge is -2.28. The molecular weight excluding hydrogens is 362 g/mol. The van der Waals surface area contributed by atoms with Crippen molar-refractivity contribution in [3.8, 4) is 0 Å². The summed E-state index contributed by atoms with van der Waals surface area (Å²) in [6.45, 7) is 7.96. The molecule has 1 aromatic heterocycles.